The molecule has 5 heteroatoms. The summed E-state index contributed by atoms with van der Waals surface area (Å²) >= 11 is 0. The summed E-state index contributed by atoms with van der Waals surface area (Å²) in [4.78, 5) is 26.3. The van der Waals surface area contributed by atoms with Gasteiger partial charge in [0.2, 0.25) is 5.76 Å². The van der Waals surface area contributed by atoms with Gasteiger partial charge in [0.1, 0.15) is 0 Å². The summed E-state index contributed by atoms with van der Waals surface area (Å²) in [6.45, 7) is 0. The molecule has 0 aliphatic carbocycles. The number of Topliss-reactive ketones (excluding diaryl/α,β-unsaturated/α-hetero) is 1. The summed E-state index contributed by atoms with van der Waals surface area (Å²) in [5.41, 5.74) is 0.955. The molecule has 18 heavy (non-hydrogen) atoms. The summed E-state index contributed by atoms with van der Waals surface area (Å²) in [6, 6.07) is 6.34. The molecule has 2 heterocycles. The van der Waals surface area contributed by atoms with Crippen LogP contribution in [0.5, 0.6) is 0 Å². The third kappa shape index (κ3) is 2.82. The second-order valence-electron chi connectivity index (χ2n) is 3.75. The highest BCUT2D eigenvalue weighted by molar-refractivity contribution is 5.95. The summed E-state index contributed by atoms with van der Waals surface area (Å²) in [7, 11) is 0. The van der Waals surface area contributed by atoms with Crippen LogP contribution in [-0.2, 0) is 6.42 Å². The van der Waals surface area contributed by atoms with Gasteiger partial charge in [-0.25, -0.2) is 4.79 Å². The van der Waals surface area contributed by atoms with Gasteiger partial charge in [-0.05, 0) is 30.2 Å². The zero-order valence-corrected chi connectivity index (χ0v) is 9.50. The number of carboxylic acid groups (broad SMARTS) is 1. The summed E-state index contributed by atoms with van der Waals surface area (Å²) in [5, 5.41) is 8.67. The van der Waals surface area contributed by atoms with E-state index in [2.05, 4.69) is 4.98 Å². The van der Waals surface area contributed by atoms with Gasteiger partial charge in [-0.2, -0.15) is 0 Å². The van der Waals surface area contributed by atoms with Crippen LogP contribution >= 0.6 is 0 Å². The van der Waals surface area contributed by atoms with E-state index < -0.39 is 5.97 Å². The normalized spacial score (nSPS) is 10.2. The molecular formula is C13H11NO4. The number of aryl methyl sites for hydroxylation is 1. The standard InChI is InChI=1S/C13H11NO4/c15-10(4-3-9-2-1-7-14-8-9)11-5-6-12(18-11)13(16)17/h1-2,5-8H,3-4H2,(H,16,17). The van der Waals surface area contributed by atoms with Gasteiger partial charge in [-0.3, -0.25) is 9.78 Å². The summed E-state index contributed by atoms with van der Waals surface area (Å²) < 4.78 is 4.93. The number of carboxylic acids is 1. The average molecular weight is 245 g/mol. The Labute approximate surface area is 103 Å². The van der Waals surface area contributed by atoms with Crippen molar-refractivity contribution in [1.82, 2.24) is 4.98 Å². The second kappa shape index (κ2) is 5.27. The molecule has 0 aliphatic heterocycles. The number of hydrogen-bond acceptors (Lipinski definition) is 4. The Morgan fingerprint density at radius 1 is 1.22 bits per heavy atom. The second-order valence-corrected chi connectivity index (χ2v) is 3.75. The molecule has 1 N–H and O–H groups in total. The highest BCUT2D eigenvalue weighted by Gasteiger charge is 2.14. The fourth-order valence-electron chi connectivity index (χ4n) is 1.53. The molecule has 0 amide bonds. The van der Waals surface area contributed by atoms with Crippen LogP contribution in [0, 0.1) is 0 Å². The predicted molar refractivity (Wildman–Crippen MR) is 62.6 cm³/mol. The van der Waals surface area contributed by atoms with Gasteiger partial charge in [0.05, 0.1) is 0 Å². The maximum absolute atomic E-state index is 11.7. The Balaban J connectivity index is 1.97. The van der Waals surface area contributed by atoms with Crippen LogP contribution < -0.4 is 0 Å². The first-order valence-electron chi connectivity index (χ1n) is 5.42. The van der Waals surface area contributed by atoms with Crippen molar-refractivity contribution in [1.29, 1.82) is 0 Å². The maximum atomic E-state index is 11.7. The molecule has 0 bridgehead atoms. The molecule has 92 valence electrons. The lowest BCUT2D eigenvalue weighted by Gasteiger charge is -1.98. The van der Waals surface area contributed by atoms with E-state index in [-0.39, 0.29) is 23.7 Å². The van der Waals surface area contributed by atoms with Crippen molar-refractivity contribution in [3.8, 4) is 0 Å². The number of pyridine rings is 1. The van der Waals surface area contributed by atoms with Crippen molar-refractivity contribution in [2.75, 3.05) is 0 Å². The molecule has 0 spiro atoms. The van der Waals surface area contributed by atoms with Gasteiger partial charge in [0.15, 0.2) is 11.5 Å². The highest BCUT2D eigenvalue weighted by atomic mass is 16.4. The zero-order valence-electron chi connectivity index (χ0n) is 9.50. The number of aromatic nitrogens is 1. The molecule has 0 saturated heterocycles. The Morgan fingerprint density at radius 3 is 2.61 bits per heavy atom. The van der Waals surface area contributed by atoms with E-state index in [0.717, 1.165) is 5.56 Å². The van der Waals surface area contributed by atoms with E-state index >= 15 is 0 Å². The average Bonchev–Trinajstić information content (AvgIpc) is 2.87. The first-order chi connectivity index (χ1) is 8.66. The van der Waals surface area contributed by atoms with Crippen LogP contribution in [0.3, 0.4) is 0 Å². The monoisotopic (exact) mass is 245 g/mol. The van der Waals surface area contributed by atoms with Crippen molar-refractivity contribution in [2.45, 2.75) is 12.8 Å². The van der Waals surface area contributed by atoms with E-state index in [9.17, 15) is 9.59 Å². The number of nitrogens with zero attached hydrogens (tertiary/aromatic N) is 1. The molecule has 0 aliphatic rings. The zero-order chi connectivity index (χ0) is 13.0. The lowest BCUT2D eigenvalue weighted by molar-refractivity contribution is 0.0660. The lowest BCUT2D eigenvalue weighted by Crippen LogP contribution is -2.00. The van der Waals surface area contributed by atoms with E-state index in [1.165, 1.54) is 12.1 Å². The fraction of sp³-hybridized carbons (Fsp3) is 0.154. The third-order valence-corrected chi connectivity index (χ3v) is 2.46. The van der Waals surface area contributed by atoms with Crippen molar-refractivity contribution >= 4 is 11.8 Å². The summed E-state index contributed by atoms with van der Waals surface area (Å²) in [6.07, 6.45) is 4.17. The van der Waals surface area contributed by atoms with E-state index in [1.54, 1.807) is 18.5 Å². The van der Waals surface area contributed by atoms with Crippen LogP contribution in [0.2, 0.25) is 0 Å². The molecule has 0 saturated carbocycles. The van der Waals surface area contributed by atoms with E-state index in [4.69, 9.17) is 9.52 Å². The van der Waals surface area contributed by atoms with Gasteiger partial charge in [0.25, 0.3) is 0 Å². The quantitative estimate of drug-likeness (QED) is 0.816. The first kappa shape index (κ1) is 12.0. The third-order valence-electron chi connectivity index (χ3n) is 2.46. The van der Waals surface area contributed by atoms with Crippen LogP contribution in [0.25, 0.3) is 0 Å². The SMILES string of the molecule is O=C(O)c1ccc(C(=O)CCc2cccnc2)o1. The minimum Gasteiger partial charge on any atom is -0.475 e. The minimum atomic E-state index is -1.18. The number of aromatic carboxylic acids is 1. The van der Waals surface area contributed by atoms with Crippen molar-refractivity contribution in [2.24, 2.45) is 0 Å². The molecule has 5 nitrogen and oxygen atoms in total. The minimum absolute atomic E-state index is 0.0799. The Hall–Kier alpha value is -2.43. The molecule has 0 unspecified atom stereocenters. The smallest absolute Gasteiger partial charge is 0.371 e. The summed E-state index contributed by atoms with van der Waals surface area (Å²) in [5.74, 6) is -1.54. The number of rotatable bonds is 5. The van der Waals surface area contributed by atoms with Gasteiger partial charge in [0, 0.05) is 18.8 Å². The molecular weight excluding hydrogens is 234 g/mol. The van der Waals surface area contributed by atoms with Crippen molar-refractivity contribution in [3.05, 3.63) is 53.7 Å². The first-order valence-corrected chi connectivity index (χ1v) is 5.42. The Bertz CT molecular complexity index is 559. The topological polar surface area (TPSA) is 80.4 Å². The molecule has 2 aromatic rings. The van der Waals surface area contributed by atoms with E-state index in [0.29, 0.717) is 6.42 Å². The predicted octanol–water partition coefficient (Wildman–Crippen LogP) is 2.19. The van der Waals surface area contributed by atoms with Gasteiger partial charge in [-0.15, -0.1) is 0 Å². The number of hydrogen-bond donors (Lipinski definition) is 1. The van der Waals surface area contributed by atoms with Crippen LogP contribution in [0.1, 0.15) is 33.1 Å². The van der Waals surface area contributed by atoms with Crippen LogP contribution in [-0.4, -0.2) is 21.8 Å². The number of carbonyl (C=O) groups is 2. The Morgan fingerprint density at radius 2 is 2.00 bits per heavy atom. The molecule has 0 aromatic carbocycles. The lowest BCUT2D eigenvalue weighted by atomic mass is 10.1. The van der Waals surface area contributed by atoms with Gasteiger partial charge < -0.3 is 9.52 Å². The van der Waals surface area contributed by atoms with Crippen LogP contribution in [0.4, 0.5) is 0 Å². The van der Waals surface area contributed by atoms with Crippen molar-refractivity contribution in [3.63, 3.8) is 0 Å². The van der Waals surface area contributed by atoms with Crippen LogP contribution in [0.15, 0.2) is 41.1 Å². The van der Waals surface area contributed by atoms with Gasteiger partial charge >= 0.3 is 5.97 Å². The number of ketones is 1. The maximum Gasteiger partial charge on any atom is 0.371 e. The molecule has 0 radical (unpaired) electrons. The molecule has 2 rings (SSSR count). The largest absolute Gasteiger partial charge is 0.475 e. The van der Waals surface area contributed by atoms with Crippen molar-refractivity contribution < 1.29 is 19.1 Å². The Kier molecular flexibility index (Phi) is 3.52. The number of carbonyl (C=O) groups excluding carboxylic acids is 1. The number of furan rings is 1. The fourth-order valence-corrected chi connectivity index (χ4v) is 1.53. The van der Waals surface area contributed by atoms with Gasteiger partial charge in [-0.1, -0.05) is 6.07 Å². The molecule has 2 aromatic heterocycles. The highest BCUT2D eigenvalue weighted by Crippen LogP contribution is 2.12. The molecule has 0 fully saturated rings. The van der Waals surface area contributed by atoms with E-state index in [1.807, 2.05) is 6.07 Å². The molecule has 0 atom stereocenters.